The second-order valence-electron chi connectivity index (χ2n) is 29.2. The smallest absolute Gasteiger partial charge is 0.294 e. The molecule has 5 heterocycles. The fourth-order valence-corrected chi connectivity index (χ4v) is 18.5. The van der Waals surface area contributed by atoms with E-state index in [1.165, 1.54) is 6.20 Å². The molecule has 0 bridgehead atoms. The van der Waals surface area contributed by atoms with Gasteiger partial charge in [-0.15, -0.1) is 9.97 Å². The van der Waals surface area contributed by atoms with E-state index in [0.29, 0.717) is 71.5 Å². The SMILES string of the molecule is [C-]#[N+]c1c([N+]#[C-])c([N+]#[C-])c2c(c1C#N)c1nccnc1c1c3ccccc3c3ccccc3c21.[C-]#[N+]c1cc2c(cc1[N+]#[C-])c1c3ccccc3c3ccccc3c1c1nccnc21.[C-]#[N+]c1cc2c3nccnc3c3c4ccccc4c4ccccc4c3c2c([N+]#[C-])c1[N+]#[C-].[C-]#[N+]c1nc2c3nccnc3c3c4ccccc4c4ccccc4c3c2nc1[N+]#[C-]. The Morgan fingerprint density at radius 3 is 0.833 bits per heavy atom. The molecule has 126 heavy (non-hydrogen) atoms. The van der Waals surface area contributed by atoms with Crippen LogP contribution in [0.15, 0.2) is 262 Å². The quantitative estimate of drug-likeness (QED) is 0.103. The molecule has 0 radical (unpaired) electrons. The second-order valence-corrected chi connectivity index (χ2v) is 29.2. The summed E-state index contributed by atoms with van der Waals surface area (Å²) in [6, 6.07) is 72.6. The van der Waals surface area contributed by atoms with Gasteiger partial charge in [-0.2, -0.15) is 5.26 Å². The van der Waals surface area contributed by atoms with Crippen LogP contribution in [0.2, 0.25) is 0 Å². The van der Waals surface area contributed by atoms with E-state index in [1.54, 1.807) is 55.5 Å². The Morgan fingerprint density at radius 2 is 0.460 bits per heavy atom. The van der Waals surface area contributed by atoms with Gasteiger partial charge in [-0.05, 0) is 129 Å². The van der Waals surface area contributed by atoms with Gasteiger partial charge in [0.15, 0.2) is 28.4 Å². The highest BCUT2D eigenvalue weighted by atomic mass is 15.0. The van der Waals surface area contributed by atoms with Crippen molar-refractivity contribution >= 4 is 274 Å². The lowest BCUT2D eigenvalue weighted by Crippen LogP contribution is -1.95. The van der Waals surface area contributed by atoms with Crippen molar-refractivity contribution in [3.63, 3.8) is 0 Å². The van der Waals surface area contributed by atoms with E-state index >= 15 is 0 Å². The van der Waals surface area contributed by atoms with Crippen LogP contribution in [0.1, 0.15) is 5.56 Å². The third-order valence-electron chi connectivity index (χ3n) is 23.3. The number of fused-ring (bicyclic) bond motifs is 44. The van der Waals surface area contributed by atoms with Gasteiger partial charge in [0.1, 0.15) is 11.0 Å². The van der Waals surface area contributed by atoms with Crippen molar-refractivity contribution in [1.29, 1.82) is 5.26 Å². The number of hydrogen-bond donors (Lipinski definition) is 0. The molecule has 568 valence electrons. The van der Waals surface area contributed by atoms with Crippen LogP contribution in [0, 0.1) is 77.1 Å². The topological polar surface area (TPSA) is 196 Å². The minimum absolute atomic E-state index is 0.000667. The van der Waals surface area contributed by atoms with Gasteiger partial charge >= 0.3 is 0 Å². The first-order valence-electron chi connectivity index (χ1n) is 38.9. The summed E-state index contributed by atoms with van der Waals surface area (Å²) in [4.78, 5) is 81.8. The van der Waals surface area contributed by atoms with Crippen molar-refractivity contribution < 1.29 is 0 Å². The van der Waals surface area contributed by atoms with Gasteiger partial charge in [0.05, 0.1) is 97.3 Å². The summed E-state index contributed by atoms with van der Waals surface area (Å²) in [6.07, 6.45) is 13.1. The Labute approximate surface area is 712 Å². The average Bonchev–Trinajstić information content (AvgIpc) is 0.725. The number of aromatic nitrogens is 10. The van der Waals surface area contributed by atoms with Crippen LogP contribution in [0.3, 0.4) is 0 Å². The molecule has 24 aromatic rings. The Bertz CT molecular complexity index is 9470. The molecule has 0 aliphatic rings. The second kappa shape index (κ2) is 29.4. The molecule has 0 aliphatic carbocycles. The minimum Gasteiger partial charge on any atom is -0.370 e. The van der Waals surface area contributed by atoms with E-state index in [0.717, 1.165) is 157 Å². The molecule has 24 rings (SSSR count). The Kier molecular flexibility index (Phi) is 17.2. The summed E-state index contributed by atoms with van der Waals surface area (Å²) in [5, 5.41) is 38.1. The van der Waals surface area contributed by atoms with Crippen LogP contribution >= 0.6 is 0 Å². The third-order valence-corrected chi connectivity index (χ3v) is 23.3. The summed E-state index contributed by atoms with van der Waals surface area (Å²) in [5.74, 6) is -0.0202. The number of nitrogens with zero attached hydrogens (tertiary/aromatic N) is 21. The highest BCUT2D eigenvalue weighted by Crippen LogP contribution is 2.56. The molecule has 0 fully saturated rings. The van der Waals surface area contributed by atoms with Crippen molar-refractivity contribution in [1.82, 2.24) is 49.8 Å². The van der Waals surface area contributed by atoms with Crippen molar-refractivity contribution in [3.8, 4) is 6.07 Å². The maximum Gasteiger partial charge on any atom is 0.294 e. The highest BCUT2D eigenvalue weighted by Gasteiger charge is 2.30. The van der Waals surface area contributed by atoms with Crippen LogP contribution < -0.4 is 0 Å². The monoisotopic (exact) mass is 1600 g/mol. The van der Waals surface area contributed by atoms with Gasteiger partial charge < -0.3 is 9.69 Å². The predicted molar refractivity (Wildman–Crippen MR) is 501 cm³/mol. The van der Waals surface area contributed by atoms with Crippen LogP contribution in [0.4, 0.5) is 57.1 Å². The van der Waals surface area contributed by atoms with Gasteiger partial charge in [-0.1, -0.05) is 225 Å². The Morgan fingerprint density at radius 1 is 0.190 bits per heavy atom. The largest absolute Gasteiger partial charge is 0.370 e. The van der Waals surface area contributed by atoms with Gasteiger partial charge in [-0.25, -0.2) is 4.98 Å². The lowest BCUT2D eigenvalue weighted by molar-refractivity contribution is 1.29. The molecule has 21 heteroatoms. The first-order valence-corrected chi connectivity index (χ1v) is 38.9. The zero-order valence-corrected chi connectivity index (χ0v) is 65.2. The van der Waals surface area contributed by atoms with Crippen LogP contribution in [-0.2, 0) is 0 Å². The molecular weight excluding hydrogens is 1560 g/mol. The van der Waals surface area contributed by atoms with E-state index in [9.17, 15) is 5.26 Å². The number of nitriles is 1. The molecule has 21 nitrogen and oxygen atoms in total. The predicted octanol–water partition coefficient (Wildman–Crippen LogP) is 29.1. The van der Waals surface area contributed by atoms with E-state index < -0.39 is 0 Å². The molecule has 19 aromatic carbocycles. The summed E-state index contributed by atoms with van der Waals surface area (Å²) >= 11 is 0. The van der Waals surface area contributed by atoms with E-state index in [1.807, 2.05) is 133 Å². The van der Waals surface area contributed by atoms with E-state index in [4.69, 9.17) is 75.7 Å². The van der Waals surface area contributed by atoms with Crippen LogP contribution in [0.25, 0.3) is 265 Å². The van der Waals surface area contributed by atoms with Crippen molar-refractivity contribution in [2.24, 2.45) is 0 Å². The maximum absolute atomic E-state index is 10.1. The molecule has 0 N–H and O–H groups in total. The zero-order valence-electron chi connectivity index (χ0n) is 65.2. The molecule has 0 atom stereocenters. The van der Waals surface area contributed by atoms with Crippen molar-refractivity contribution in [2.45, 2.75) is 0 Å². The number of benzene rings is 19. The lowest BCUT2D eigenvalue weighted by atomic mass is 9.87. The summed E-state index contributed by atoms with van der Waals surface area (Å²) in [7, 11) is 0. The standard InChI is InChI=1S/C28H10N6.C27H11N5.C26H12N4.C24H10N6/c1-30-24-19(14-29)22-23(25(31-2)28(24)32-3)20-17-10-6-4-8-15(17)16-9-5-7-11-18(16)21(20)26-27(22)34-13-12-33-26;1-28-20-14-19-23(26(30-3)25(20)29-2)21-17-10-6-4-8-15(17)16-9-5-7-11-18(16)22(21)27-24(19)31-12-13-32-27;1-27-21-13-19-20(14-22(21)28-2)25-26(30-12-11-29-25)24-18-10-6-4-8-16(18)15-7-3-5-9-17(15)23(19)24;1-25-23-24(26-2)30-22-20(29-23)18-16-10-6-4-8-14(16)13-7-3-5-9-15(13)17(18)19-21(22)28-12-11-27-19/h4-13H;4-14H;3-14H;3-12H. The zero-order chi connectivity index (χ0) is 85.7. The van der Waals surface area contributed by atoms with E-state index in [2.05, 4.69) is 161 Å². The normalized spacial score (nSPS) is 11.1. The fraction of sp³-hybridized carbons (Fsp3) is 0. The molecule has 0 saturated heterocycles. The molecule has 0 spiro atoms. The lowest BCUT2D eigenvalue weighted by Gasteiger charge is -2.18. The number of rotatable bonds is 0. The highest BCUT2D eigenvalue weighted by molar-refractivity contribution is 6.45. The molecule has 0 saturated carbocycles. The van der Waals surface area contributed by atoms with Gasteiger partial charge in [-0.3, -0.25) is 73.6 Å². The molecule has 0 amide bonds. The van der Waals surface area contributed by atoms with Crippen molar-refractivity contribution in [3.05, 3.63) is 382 Å². The Hall–Kier alpha value is -19.8. The maximum atomic E-state index is 10.1. The van der Waals surface area contributed by atoms with Gasteiger partial charge in [0.25, 0.3) is 11.6 Å². The van der Waals surface area contributed by atoms with Crippen molar-refractivity contribution in [2.75, 3.05) is 0 Å². The Balaban J connectivity index is 0.000000103. The first-order chi connectivity index (χ1) is 62.1. The average molecular weight is 1600 g/mol. The first kappa shape index (κ1) is 73.8. The summed E-state index contributed by atoms with van der Waals surface area (Å²) in [6.45, 7) is 76.6. The molecule has 0 unspecified atom stereocenters. The molecular formula is C105H43N21. The molecule has 0 aliphatic heterocycles. The number of hydrogen-bond acceptors (Lipinski definition) is 11. The molecule has 5 aromatic heterocycles. The van der Waals surface area contributed by atoms with Gasteiger partial charge in [0, 0.05) is 81.9 Å². The van der Waals surface area contributed by atoms with Crippen LogP contribution in [-0.4, -0.2) is 49.8 Å². The van der Waals surface area contributed by atoms with Crippen LogP contribution in [0.5, 0.6) is 0 Å². The third kappa shape index (κ3) is 10.7. The summed E-state index contributed by atoms with van der Waals surface area (Å²) in [5.41, 5.74) is 7.33. The summed E-state index contributed by atoms with van der Waals surface area (Å²) < 4.78 is 0. The fourth-order valence-electron chi connectivity index (χ4n) is 18.5. The minimum atomic E-state index is -0.118. The van der Waals surface area contributed by atoms with Gasteiger partial charge in [0.2, 0.25) is 28.1 Å². The van der Waals surface area contributed by atoms with E-state index in [-0.39, 0.29) is 51.3 Å².